The van der Waals surface area contributed by atoms with Gasteiger partial charge in [0, 0.05) is 44.6 Å². The molecule has 0 radical (unpaired) electrons. The number of imidazole rings is 1. The molecule has 0 saturated heterocycles. The van der Waals surface area contributed by atoms with Crippen LogP contribution in [0.25, 0.3) is 61.4 Å². The van der Waals surface area contributed by atoms with E-state index in [2.05, 4.69) is 153 Å². The smallest absolute Gasteiger partial charge is 0.188 e. The van der Waals surface area contributed by atoms with Crippen molar-refractivity contribution in [2.75, 3.05) is 0 Å². The van der Waals surface area contributed by atoms with E-state index in [0.29, 0.717) is 17.7 Å². The number of rotatable bonds is 10. The Morgan fingerprint density at radius 1 is 0.698 bits per heavy atom. The molecular formula is C47H45N4OPt-. The standard InChI is InChI=1S/C47H45N4O.Pt/c1-30(2)37-20-13-21-38(31(3)4)46(37)36-25-26-48-41(28-36)35-18-12-17-34(27-35)40-22-14-24-43-47(40)50-44(29-45(52)49-32(5)6)51(43)42-23-11-10-19-39(42)33-15-8-7-9-16-33;/h7-26,28,30-32H,29H2,1-6H3,(H,49,52);/q-1;. The van der Waals surface area contributed by atoms with Crippen molar-refractivity contribution in [3.8, 4) is 50.3 Å². The number of benzene rings is 5. The monoisotopic (exact) mass is 876 g/mol. The van der Waals surface area contributed by atoms with Gasteiger partial charge < -0.3 is 5.11 Å². The van der Waals surface area contributed by atoms with E-state index in [0.717, 1.165) is 50.2 Å². The van der Waals surface area contributed by atoms with Gasteiger partial charge in [0.25, 0.3) is 0 Å². The fourth-order valence-electron chi connectivity index (χ4n) is 7.16. The molecule has 6 heteroatoms. The fourth-order valence-corrected chi connectivity index (χ4v) is 7.16. The van der Waals surface area contributed by atoms with Crippen molar-refractivity contribution >= 4 is 16.9 Å². The Kier molecular flexibility index (Phi) is 11.6. The second kappa shape index (κ2) is 16.3. The van der Waals surface area contributed by atoms with Crippen molar-refractivity contribution in [1.82, 2.24) is 14.5 Å². The minimum atomic E-state index is -0.0368. The van der Waals surface area contributed by atoms with Crippen LogP contribution in [-0.4, -0.2) is 31.6 Å². The van der Waals surface area contributed by atoms with Crippen LogP contribution in [0.5, 0.6) is 0 Å². The third-order valence-electron chi connectivity index (χ3n) is 9.49. The van der Waals surface area contributed by atoms with Crippen LogP contribution in [0.1, 0.15) is 70.3 Å². The number of aromatic nitrogens is 3. The van der Waals surface area contributed by atoms with E-state index in [4.69, 9.17) is 9.97 Å². The number of pyridine rings is 1. The van der Waals surface area contributed by atoms with Crippen molar-refractivity contribution in [3.63, 3.8) is 0 Å². The summed E-state index contributed by atoms with van der Waals surface area (Å²) in [6.45, 7) is 13.0. The summed E-state index contributed by atoms with van der Waals surface area (Å²) < 4.78 is 2.17. The predicted octanol–water partition coefficient (Wildman–Crippen LogP) is 12.0. The summed E-state index contributed by atoms with van der Waals surface area (Å²) in [7, 11) is 0. The third-order valence-corrected chi connectivity index (χ3v) is 9.49. The first kappa shape index (κ1) is 37.6. The van der Waals surface area contributed by atoms with E-state index in [1.165, 1.54) is 22.3 Å². The zero-order valence-electron chi connectivity index (χ0n) is 31.1. The van der Waals surface area contributed by atoms with Crippen molar-refractivity contribution < 1.29 is 26.2 Å². The summed E-state index contributed by atoms with van der Waals surface area (Å²) in [5.74, 6) is 1.56. The molecule has 7 aromatic rings. The molecular weight excluding hydrogens is 832 g/mol. The zero-order valence-corrected chi connectivity index (χ0v) is 33.4. The number of aliphatic imine (C=N–C) groups is 1. The molecule has 7 rings (SSSR count). The van der Waals surface area contributed by atoms with Gasteiger partial charge >= 0.3 is 0 Å². The molecule has 0 bridgehead atoms. The van der Waals surface area contributed by atoms with Crippen molar-refractivity contribution in [1.29, 1.82) is 0 Å². The Labute approximate surface area is 327 Å². The summed E-state index contributed by atoms with van der Waals surface area (Å²) >= 11 is 0. The minimum Gasteiger partial charge on any atom is -0.496 e. The van der Waals surface area contributed by atoms with E-state index < -0.39 is 0 Å². The number of hydrogen-bond donors (Lipinski definition) is 1. The average Bonchev–Trinajstić information content (AvgIpc) is 3.52. The van der Waals surface area contributed by atoms with E-state index in [-0.39, 0.29) is 39.4 Å². The van der Waals surface area contributed by atoms with Gasteiger partial charge in [-0.1, -0.05) is 124 Å². The van der Waals surface area contributed by atoms with E-state index in [1.807, 2.05) is 32.2 Å². The van der Waals surface area contributed by atoms with E-state index >= 15 is 0 Å². The van der Waals surface area contributed by atoms with E-state index in [9.17, 15) is 5.11 Å². The Balaban J connectivity index is 0.00000481. The molecule has 0 amide bonds. The third kappa shape index (κ3) is 7.82. The second-order valence-corrected chi connectivity index (χ2v) is 14.3. The molecule has 5 nitrogen and oxygen atoms in total. The summed E-state index contributed by atoms with van der Waals surface area (Å²) in [4.78, 5) is 14.5. The fraction of sp³-hybridized carbons (Fsp3) is 0.213. The molecule has 0 saturated carbocycles. The van der Waals surface area contributed by atoms with Gasteiger partial charge in [0.2, 0.25) is 0 Å². The van der Waals surface area contributed by atoms with Gasteiger partial charge in [-0.05, 0) is 71.7 Å². The first-order valence-electron chi connectivity index (χ1n) is 18.2. The molecule has 0 atom stereocenters. The van der Waals surface area contributed by atoms with Crippen LogP contribution >= 0.6 is 0 Å². The maximum atomic E-state index is 11.0. The topological polar surface area (TPSA) is 63.3 Å². The Bertz CT molecular complexity index is 2360. The number of aliphatic hydroxyl groups is 1. The molecule has 0 fully saturated rings. The quantitative estimate of drug-likeness (QED) is 0.0846. The Hall–Kier alpha value is -5.12. The zero-order chi connectivity index (χ0) is 36.4. The average molecular weight is 877 g/mol. The SMILES string of the molecule is CC(C)N=C(O)Cc1nc2c(-c3[c-]c(-c4cc(-c5c(C(C)C)cccc5C(C)C)ccn4)ccc3)cccc2n1-c1ccccc1-c1ccccc1.[Pt]. The molecule has 5 aromatic carbocycles. The molecule has 0 unspecified atom stereocenters. The van der Waals surface area contributed by atoms with Gasteiger partial charge in [-0.25, -0.2) is 4.98 Å². The van der Waals surface area contributed by atoms with Gasteiger partial charge in [0.15, 0.2) is 5.90 Å². The van der Waals surface area contributed by atoms with Gasteiger partial charge in [-0.15, -0.1) is 29.8 Å². The van der Waals surface area contributed by atoms with Gasteiger partial charge in [0.1, 0.15) is 5.82 Å². The second-order valence-electron chi connectivity index (χ2n) is 14.3. The molecule has 0 aliphatic rings. The molecule has 0 aliphatic carbocycles. The van der Waals surface area contributed by atoms with Crippen LogP contribution in [0.4, 0.5) is 0 Å². The summed E-state index contributed by atoms with van der Waals surface area (Å²) in [6, 6.07) is 45.9. The predicted molar refractivity (Wildman–Crippen MR) is 217 cm³/mol. The summed E-state index contributed by atoms with van der Waals surface area (Å²) in [6.07, 6.45) is 2.11. The summed E-state index contributed by atoms with van der Waals surface area (Å²) in [5, 5.41) is 11.0. The van der Waals surface area contributed by atoms with Crippen LogP contribution in [0, 0.1) is 6.07 Å². The number of nitrogens with zero attached hydrogens (tertiary/aromatic N) is 4. The first-order valence-corrected chi connectivity index (χ1v) is 18.2. The van der Waals surface area contributed by atoms with Crippen LogP contribution in [-0.2, 0) is 27.5 Å². The normalized spacial score (nSPS) is 11.8. The maximum Gasteiger partial charge on any atom is 0.188 e. The van der Waals surface area contributed by atoms with Gasteiger partial charge in [0.05, 0.1) is 23.1 Å². The van der Waals surface area contributed by atoms with Crippen molar-refractivity contribution in [2.24, 2.45) is 4.99 Å². The van der Waals surface area contributed by atoms with Crippen LogP contribution in [0.3, 0.4) is 0 Å². The molecule has 0 spiro atoms. The Morgan fingerprint density at radius 2 is 1.34 bits per heavy atom. The maximum absolute atomic E-state index is 11.0. The minimum absolute atomic E-state index is 0. The van der Waals surface area contributed by atoms with Crippen LogP contribution in [0.2, 0.25) is 0 Å². The molecule has 2 aromatic heterocycles. The molecule has 1 N–H and O–H groups in total. The molecule has 0 aliphatic heterocycles. The van der Waals surface area contributed by atoms with Crippen LogP contribution in [0.15, 0.2) is 133 Å². The number of hydrogen-bond acceptors (Lipinski definition) is 3. The number of aliphatic hydroxyl groups excluding tert-OH is 1. The first-order chi connectivity index (χ1) is 25.2. The molecule has 2 heterocycles. The number of fused-ring (bicyclic) bond motifs is 1. The summed E-state index contributed by atoms with van der Waals surface area (Å²) in [5.41, 5.74) is 13.8. The Morgan fingerprint density at radius 3 is 2.06 bits per heavy atom. The largest absolute Gasteiger partial charge is 0.496 e. The van der Waals surface area contributed by atoms with E-state index in [1.54, 1.807) is 0 Å². The molecule has 53 heavy (non-hydrogen) atoms. The number of para-hydroxylation sites is 2. The van der Waals surface area contributed by atoms with Crippen molar-refractivity contribution in [3.05, 3.63) is 151 Å². The van der Waals surface area contributed by atoms with Gasteiger partial charge in [-0.2, -0.15) is 0 Å². The van der Waals surface area contributed by atoms with Crippen LogP contribution < -0.4 is 0 Å². The van der Waals surface area contributed by atoms with Crippen molar-refractivity contribution in [2.45, 2.75) is 65.8 Å². The van der Waals surface area contributed by atoms with Gasteiger partial charge in [-0.3, -0.25) is 14.5 Å². The molecule has 270 valence electrons.